The van der Waals surface area contributed by atoms with E-state index in [4.69, 9.17) is 16.3 Å². The maximum Gasteiger partial charge on any atom is 0.195 e. The fourth-order valence-corrected chi connectivity index (χ4v) is 2.41. The molecule has 0 saturated carbocycles. The summed E-state index contributed by atoms with van der Waals surface area (Å²) in [5.74, 6) is -0.122. The molecule has 2 nitrogen and oxygen atoms in total. The summed E-state index contributed by atoms with van der Waals surface area (Å²) in [4.78, 5) is 12.3. The number of benzene rings is 2. The standard InChI is InChI=1S/C14H9BrClFO2/c1-19-9-3-5-11(13(16)7-9)14(18)10-4-2-8(17)6-12(10)15/h2-7H,1H3. The number of ether oxygens (including phenoxy) is 1. The van der Waals surface area contributed by atoms with E-state index in [0.717, 1.165) is 0 Å². The van der Waals surface area contributed by atoms with Crippen LogP contribution in [0.1, 0.15) is 15.9 Å². The van der Waals surface area contributed by atoms with Crippen molar-refractivity contribution in [3.05, 3.63) is 62.8 Å². The fourth-order valence-electron chi connectivity index (χ4n) is 1.63. The van der Waals surface area contributed by atoms with Crippen LogP contribution in [-0.4, -0.2) is 12.9 Å². The van der Waals surface area contributed by atoms with Crippen LogP contribution in [0.4, 0.5) is 4.39 Å². The van der Waals surface area contributed by atoms with Gasteiger partial charge in [0.1, 0.15) is 11.6 Å². The van der Waals surface area contributed by atoms with Crippen LogP contribution in [0.25, 0.3) is 0 Å². The van der Waals surface area contributed by atoms with Crippen molar-refractivity contribution in [3.63, 3.8) is 0 Å². The number of hydrogen-bond donors (Lipinski definition) is 0. The number of ketones is 1. The van der Waals surface area contributed by atoms with Gasteiger partial charge in [0.05, 0.1) is 12.1 Å². The fraction of sp³-hybridized carbons (Fsp3) is 0.0714. The Bertz CT molecular complexity index is 643. The molecule has 0 aliphatic carbocycles. The third-order valence-corrected chi connectivity index (χ3v) is 3.57. The maximum atomic E-state index is 13.0. The normalized spacial score (nSPS) is 10.3. The minimum Gasteiger partial charge on any atom is -0.497 e. The molecule has 0 unspecified atom stereocenters. The SMILES string of the molecule is COc1ccc(C(=O)c2ccc(F)cc2Br)c(Cl)c1. The van der Waals surface area contributed by atoms with Gasteiger partial charge in [-0.1, -0.05) is 11.6 Å². The summed E-state index contributed by atoms with van der Waals surface area (Å²) in [5.41, 5.74) is 0.697. The lowest BCUT2D eigenvalue weighted by Crippen LogP contribution is -2.03. The smallest absolute Gasteiger partial charge is 0.195 e. The summed E-state index contributed by atoms with van der Waals surface area (Å²) >= 11 is 9.22. The molecule has 0 atom stereocenters. The molecule has 19 heavy (non-hydrogen) atoms. The van der Waals surface area contributed by atoms with Crippen LogP contribution in [0.15, 0.2) is 40.9 Å². The van der Waals surface area contributed by atoms with Gasteiger partial charge in [-0.15, -0.1) is 0 Å². The van der Waals surface area contributed by atoms with Crippen LogP contribution in [0.2, 0.25) is 5.02 Å². The quantitative estimate of drug-likeness (QED) is 0.768. The van der Waals surface area contributed by atoms with Gasteiger partial charge in [-0.3, -0.25) is 4.79 Å². The molecular formula is C14H9BrClFO2. The van der Waals surface area contributed by atoms with E-state index < -0.39 is 5.82 Å². The monoisotopic (exact) mass is 342 g/mol. The highest BCUT2D eigenvalue weighted by Gasteiger charge is 2.16. The molecule has 0 aliphatic rings. The Kier molecular flexibility index (Phi) is 4.22. The van der Waals surface area contributed by atoms with Gasteiger partial charge >= 0.3 is 0 Å². The van der Waals surface area contributed by atoms with Gasteiger partial charge in [0.2, 0.25) is 0 Å². The maximum absolute atomic E-state index is 13.0. The van der Waals surface area contributed by atoms with Crippen molar-refractivity contribution >= 4 is 33.3 Å². The van der Waals surface area contributed by atoms with E-state index in [1.165, 1.54) is 25.3 Å². The molecule has 0 radical (unpaired) electrons. The van der Waals surface area contributed by atoms with Gasteiger partial charge in [-0.2, -0.15) is 0 Å². The molecule has 0 heterocycles. The lowest BCUT2D eigenvalue weighted by molar-refractivity contribution is 0.103. The third kappa shape index (κ3) is 2.96. The summed E-state index contributed by atoms with van der Waals surface area (Å²) < 4.78 is 18.4. The second kappa shape index (κ2) is 5.72. The van der Waals surface area contributed by atoms with Crippen LogP contribution in [0.5, 0.6) is 5.75 Å². The highest BCUT2D eigenvalue weighted by molar-refractivity contribution is 9.10. The van der Waals surface area contributed by atoms with Gasteiger partial charge in [-0.05, 0) is 52.3 Å². The summed E-state index contributed by atoms with van der Waals surface area (Å²) in [7, 11) is 1.52. The third-order valence-electron chi connectivity index (χ3n) is 2.60. The molecule has 2 aromatic carbocycles. The Morgan fingerprint density at radius 2 is 1.89 bits per heavy atom. The number of rotatable bonds is 3. The molecule has 0 bridgehead atoms. The van der Waals surface area contributed by atoms with Crippen molar-refractivity contribution in [2.75, 3.05) is 7.11 Å². The Labute approximate surface area is 123 Å². The molecule has 0 saturated heterocycles. The second-order valence-electron chi connectivity index (χ2n) is 3.80. The molecule has 5 heteroatoms. The lowest BCUT2D eigenvalue weighted by atomic mass is 10.0. The van der Waals surface area contributed by atoms with E-state index >= 15 is 0 Å². The van der Waals surface area contributed by atoms with E-state index in [1.807, 2.05) is 0 Å². The number of hydrogen-bond acceptors (Lipinski definition) is 2. The van der Waals surface area contributed by atoms with Crippen LogP contribution < -0.4 is 4.74 Å². The van der Waals surface area contributed by atoms with Crippen molar-refractivity contribution in [2.24, 2.45) is 0 Å². The van der Waals surface area contributed by atoms with Gasteiger partial charge in [0.15, 0.2) is 5.78 Å². The number of halogens is 3. The highest BCUT2D eigenvalue weighted by Crippen LogP contribution is 2.27. The Hall–Kier alpha value is -1.39. The predicted molar refractivity (Wildman–Crippen MR) is 75.5 cm³/mol. The minimum absolute atomic E-state index is 0.278. The zero-order valence-electron chi connectivity index (χ0n) is 9.91. The molecule has 0 fully saturated rings. The van der Waals surface area contributed by atoms with E-state index in [1.54, 1.807) is 18.2 Å². The molecule has 0 N–H and O–H groups in total. The Morgan fingerprint density at radius 3 is 2.47 bits per heavy atom. The molecule has 0 spiro atoms. The topological polar surface area (TPSA) is 26.3 Å². The van der Waals surface area contributed by atoms with Crippen molar-refractivity contribution < 1.29 is 13.9 Å². The van der Waals surface area contributed by atoms with Gasteiger partial charge < -0.3 is 4.74 Å². The first-order valence-electron chi connectivity index (χ1n) is 5.36. The number of methoxy groups -OCH3 is 1. The van der Waals surface area contributed by atoms with Crippen molar-refractivity contribution in [1.29, 1.82) is 0 Å². The summed E-state index contributed by atoms with van der Waals surface area (Å²) in [6.07, 6.45) is 0. The van der Waals surface area contributed by atoms with Crippen molar-refractivity contribution in [2.45, 2.75) is 0 Å². The summed E-state index contributed by atoms with van der Waals surface area (Å²) in [5, 5.41) is 0.292. The van der Waals surface area contributed by atoms with Crippen molar-refractivity contribution in [1.82, 2.24) is 0 Å². The van der Waals surface area contributed by atoms with Crippen LogP contribution in [0, 0.1) is 5.82 Å². The molecule has 2 rings (SSSR count). The van der Waals surface area contributed by atoms with Gasteiger partial charge in [-0.25, -0.2) is 4.39 Å². The largest absolute Gasteiger partial charge is 0.497 e. The zero-order valence-corrected chi connectivity index (χ0v) is 12.3. The first-order valence-corrected chi connectivity index (χ1v) is 6.53. The average Bonchev–Trinajstić information content (AvgIpc) is 2.37. The molecule has 2 aromatic rings. The van der Waals surface area contributed by atoms with Crippen LogP contribution in [0.3, 0.4) is 0 Å². The summed E-state index contributed by atoms with van der Waals surface area (Å²) in [6.45, 7) is 0. The van der Waals surface area contributed by atoms with Gasteiger partial charge in [0.25, 0.3) is 0 Å². The van der Waals surface area contributed by atoms with Crippen molar-refractivity contribution in [3.8, 4) is 5.75 Å². The molecule has 0 aromatic heterocycles. The molecule has 0 aliphatic heterocycles. The first kappa shape index (κ1) is 14.0. The summed E-state index contributed by atoms with van der Waals surface area (Å²) in [6, 6.07) is 8.68. The second-order valence-corrected chi connectivity index (χ2v) is 5.06. The lowest BCUT2D eigenvalue weighted by Gasteiger charge is -2.07. The molecule has 0 amide bonds. The van der Waals surface area contributed by atoms with Crippen LogP contribution >= 0.6 is 27.5 Å². The minimum atomic E-state index is -0.413. The number of carbonyl (C=O) groups excluding carboxylic acids is 1. The number of carbonyl (C=O) groups is 1. The Morgan fingerprint density at radius 1 is 1.21 bits per heavy atom. The van der Waals surface area contributed by atoms with E-state index in [0.29, 0.717) is 26.4 Å². The molecule has 98 valence electrons. The Balaban J connectivity index is 2.44. The predicted octanol–water partition coefficient (Wildman–Crippen LogP) is 4.48. The van der Waals surface area contributed by atoms with Crippen LogP contribution in [-0.2, 0) is 0 Å². The van der Waals surface area contributed by atoms with E-state index in [-0.39, 0.29) is 5.78 Å². The van der Waals surface area contributed by atoms with E-state index in [2.05, 4.69) is 15.9 Å². The van der Waals surface area contributed by atoms with Gasteiger partial charge in [0, 0.05) is 15.6 Å². The van der Waals surface area contributed by atoms with E-state index in [9.17, 15) is 9.18 Å². The first-order chi connectivity index (χ1) is 9.02. The zero-order chi connectivity index (χ0) is 14.0. The highest BCUT2D eigenvalue weighted by atomic mass is 79.9. The average molecular weight is 344 g/mol. The molecular weight excluding hydrogens is 335 g/mol.